The Morgan fingerprint density at radius 3 is 1.80 bits per heavy atom. The van der Waals surface area contributed by atoms with E-state index in [1.807, 2.05) is 12.1 Å². The van der Waals surface area contributed by atoms with Crippen molar-refractivity contribution >= 4 is 76.5 Å². The van der Waals surface area contributed by atoms with E-state index in [2.05, 4.69) is 154 Å². The molecule has 0 spiro atoms. The molecule has 0 aliphatic heterocycles. The molecule has 194 valence electrons. The highest BCUT2D eigenvalue weighted by molar-refractivity contribution is 9.10. The molecule has 0 aliphatic carbocycles. The molecule has 1 heterocycles. The summed E-state index contributed by atoms with van der Waals surface area (Å²) in [7, 11) is 0. The predicted molar refractivity (Wildman–Crippen MR) is 177 cm³/mol. The molecule has 8 aromatic rings. The van der Waals surface area contributed by atoms with Crippen LogP contribution in [0.5, 0.6) is 0 Å². The number of hydrogen-bond acceptors (Lipinski definition) is 2. The first-order valence-corrected chi connectivity index (χ1v) is 14.5. The SMILES string of the molecule is Brc1cc(-c2cc3ccccc3c3ccccc23)c2c(c1)oc1cc(N(c3ccccc3)c3ccccc3)ccc12. The summed E-state index contributed by atoms with van der Waals surface area (Å²) < 4.78 is 7.59. The van der Waals surface area contributed by atoms with Crippen LogP contribution in [0.25, 0.3) is 54.6 Å². The Morgan fingerprint density at radius 1 is 0.439 bits per heavy atom. The van der Waals surface area contributed by atoms with Crippen molar-refractivity contribution in [1.82, 2.24) is 0 Å². The average Bonchev–Trinajstić information content (AvgIpc) is 3.39. The largest absolute Gasteiger partial charge is 0.456 e. The third-order valence-corrected chi connectivity index (χ3v) is 8.32. The summed E-state index contributed by atoms with van der Waals surface area (Å²) in [6.07, 6.45) is 0. The number of furan rings is 1. The highest BCUT2D eigenvalue weighted by atomic mass is 79.9. The monoisotopic (exact) mass is 589 g/mol. The van der Waals surface area contributed by atoms with Gasteiger partial charge in [-0.1, -0.05) is 101 Å². The molecule has 0 amide bonds. The lowest BCUT2D eigenvalue weighted by atomic mass is 9.91. The van der Waals surface area contributed by atoms with E-state index >= 15 is 0 Å². The summed E-state index contributed by atoms with van der Waals surface area (Å²) >= 11 is 3.78. The summed E-state index contributed by atoms with van der Waals surface area (Å²) in [6, 6.07) is 51.4. The molecule has 0 aliphatic rings. The minimum absolute atomic E-state index is 0.860. The van der Waals surface area contributed by atoms with Crippen LogP contribution in [0.3, 0.4) is 0 Å². The Morgan fingerprint density at radius 2 is 1.07 bits per heavy atom. The van der Waals surface area contributed by atoms with Gasteiger partial charge in [0.1, 0.15) is 11.2 Å². The smallest absolute Gasteiger partial charge is 0.137 e. The van der Waals surface area contributed by atoms with Crippen molar-refractivity contribution in [3.05, 3.63) is 150 Å². The van der Waals surface area contributed by atoms with Crippen molar-refractivity contribution in [2.24, 2.45) is 0 Å². The Bertz CT molecular complexity index is 2180. The van der Waals surface area contributed by atoms with E-state index in [4.69, 9.17) is 4.42 Å². The molecule has 8 rings (SSSR count). The molecule has 3 heteroatoms. The zero-order valence-corrected chi connectivity index (χ0v) is 23.7. The van der Waals surface area contributed by atoms with E-state index < -0.39 is 0 Å². The van der Waals surface area contributed by atoms with Crippen LogP contribution >= 0.6 is 15.9 Å². The first-order valence-electron chi connectivity index (χ1n) is 13.7. The van der Waals surface area contributed by atoms with Crippen molar-refractivity contribution in [1.29, 1.82) is 0 Å². The van der Waals surface area contributed by atoms with Crippen LogP contribution in [-0.2, 0) is 0 Å². The summed E-state index contributed by atoms with van der Waals surface area (Å²) in [6.45, 7) is 0. The highest BCUT2D eigenvalue weighted by Gasteiger charge is 2.19. The molecular formula is C38H24BrNO. The van der Waals surface area contributed by atoms with Gasteiger partial charge in [0.15, 0.2) is 0 Å². The Hall–Kier alpha value is -4.86. The van der Waals surface area contributed by atoms with Crippen molar-refractivity contribution in [3.63, 3.8) is 0 Å². The van der Waals surface area contributed by atoms with Gasteiger partial charge in [-0.2, -0.15) is 0 Å². The number of fused-ring (bicyclic) bond motifs is 6. The fraction of sp³-hybridized carbons (Fsp3) is 0. The standard InChI is InChI=1S/C38H24BrNO/c39-26-22-35(34-21-25-11-7-8-16-30(25)31-17-9-10-18-32(31)34)38-33-20-19-29(24-36(33)41-37(38)23-26)40(27-12-3-1-4-13-27)28-14-5-2-6-15-28/h1-24H. The lowest BCUT2D eigenvalue weighted by Crippen LogP contribution is -2.09. The molecule has 2 nitrogen and oxygen atoms in total. The summed E-state index contributed by atoms with van der Waals surface area (Å²) in [5.41, 5.74) is 7.33. The first-order chi connectivity index (χ1) is 20.2. The number of nitrogens with zero attached hydrogens (tertiary/aromatic N) is 1. The fourth-order valence-electron chi connectivity index (χ4n) is 6.09. The second kappa shape index (κ2) is 9.65. The van der Waals surface area contributed by atoms with E-state index in [0.717, 1.165) is 49.0 Å². The maximum Gasteiger partial charge on any atom is 0.137 e. The lowest BCUT2D eigenvalue weighted by Gasteiger charge is -2.25. The van der Waals surface area contributed by atoms with E-state index in [-0.39, 0.29) is 0 Å². The quantitative estimate of drug-likeness (QED) is 0.190. The van der Waals surface area contributed by atoms with Gasteiger partial charge in [0.25, 0.3) is 0 Å². The molecule has 0 atom stereocenters. The molecule has 0 N–H and O–H groups in total. The van der Waals surface area contributed by atoms with Gasteiger partial charge in [0.2, 0.25) is 0 Å². The summed E-state index contributed by atoms with van der Waals surface area (Å²) in [5.74, 6) is 0. The molecule has 0 saturated heterocycles. The maximum atomic E-state index is 6.60. The van der Waals surface area contributed by atoms with E-state index in [0.29, 0.717) is 0 Å². The van der Waals surface area contributed by atoms with Crippen LogP contribution < -0.4 is 4.90 Å². The predicted octanol–water partition coefficient (Wildman–Crippen LogP) is 11.8. The second-order valence-corrected chi connectivity index (χ2v) is 11.2. The molecule has 41 heavy (non-hydrogen) atoms. The molecular weight excluding hydrogens is 566 g/mol. The third-order valence-electron chi connectivity index (χ3n) is 7.87. The number of rotatable bonds is 4. The van der Waals surface area contributed by atoms with Gasteiger partial charge >= 0.3 is 0 Å². The van der Waals surface area contributed by atoms with Crippen LogP contribution in [0.15, 0.2) is 154 Å². The molecule has 0 radical (unpaired) electrons. The van der Waals surface area contributed by atoms with E-state index in [9.17, 15) is 0 Å². The Labute approximate surface area is 246 Å². The number of anilines is 3. The Balaban J connectivity index is 1.39. The second-order valence-electron chi connectivity index (χ2n) is 10.3. The normalized spacial score (nSPS) is 11.5. The highest BCUT2D eigenvalue weighted by Crippen LogP contribution is 2.44. The Kier molecular flexibility index (Phi) is 5.65. The van der Waals surface area contributed by atoms with Crippen molar-refractivity contribution < 1.29 is 4.42 Å². The van der Waals surface area contributed by atoms with Gasteiger partial charge in [-0.3, -0.25) is 0 Å². The van der Waals surface area contributed by atoms with Crippen molar-refractivity contribution in [3.8, 4) is 11.1 Å². The maximum absolute atomic E-state index is 6.60. The molecule has 0 fully saturated rings. The van der Waals surface area contributed by atoms with Crippen LogP contribution in [0, 0.1) is 0 Å². The number of hydrogen-bond donors (Lipinski definition) is 0. The van der Waals surface area contributed by atoms with Gasteiger partial charge < -0.3 is 9.32 Å². The molecule has 1 aromatic heterocycles. The van der Waals surface area contributed by atoms with Gasteiger partial charge in [0, 0.05) is 38.4 Å². The van der Waals surface area contributed by atoms with Gasteiger partial charge in [-0.05, 0) is 87.3 Å². The first kappa shape index (κ1) is 24.0. The molecule has 0 unspecified atom stereocenters. The van der Waals surface area contributed by atoms with Crippen LogP contribution in [-0.4, -0.2) is 0 Å². The third kappa shape index (κ3) is 4.01. The molecule has 0 saturated carbocycles. The summed E-state index contributed by atoms with van der Waals surface area (Å²) in [4.78, 5) is 2.26. The van der Waals surface area contributed by atoms with Crippen LogP contribution in [0.1, 0.15) is 0 Å². The minimum atomic E-state index is 0.860. The lowest BCUT2D eigenvalue weighted by molar-refractivity contribution is 0.669. The van der Waals surface area contributed by atoms with Gasteiger partial charge in [-0.15, -0.1) is 0 Å². The van der Waals surface area contributed by atoms with E-state index in [1.165, 1.54) is 27.1 Å². The number of para-hydroxylation sites is 2. The van der Waals surface area contributed by atoms with Crippen LogP contribution in [0.4, 0.5) is 17.1 Å². The number of benzene rings is 7. The number of halogens is 1. The van der Waals surface area contributed by atoms with Crippen molar-refractivity contribution in [2.45, 2.75) is 0 Å². The summed E-state index contributed by atoms with van der Waals surface area (Å²) in [5, 5.41) is 7.21. The minimum Gasteiger partial charge on any atom is -0.456 e. The zero-order valence-electron chi connectivity index (χ0n) is 22.1. The zero-order chi connectivity index (χ0) is 27.3. The van der Waals surface area contributed by atoms with Crippen molar-refractivity contribution in [2.75, 3.05) is 4.90 Å². The molecule has 7 aromatic carbocycles. The van der Waals surface area contributed by atoms with E-state index in [1.54, 1.807) is 0 Å². The topological polar surface area (TPSA) is 16.4 Å². The van der Waals surface area contributed by atoms with Crippen LogP contribution in [0.2, 0.25) is 0 Å². The molecule has 0 bridgehead atoms. The average molecular weight is 591 g/mol. The fourth-order valence-corrected chi connectivity index (χ4v) is 6.53. The van der Waals surface area contributed by atoms with Gasteiger partial charge in [0.05, 0.1) is 0 Å². The van der Waals surface area contributed by atoms with Gasteiger partial charge in [-0.25, -0.2) is 0 Å².